The molecule has 3 rings (SSSR count). The van der Waals surface area contributed by atoms with Gasteiger partial charge in [0.15, 0.2) is 5.60 Å². The van der Waals surface area contributed by atoms with Crippen LogP contribution in [0, 0.1) is 11.7 Å². The van der Waals surface area contributed by atoms with Crippen molar-refractivity contribution in [1.29, 1.82) is 0 Å². The number of likely N-dealkylation sites (tertiary alicyclic amines) is 1. The highest BCUT2D eigenvalue weighted by Gasteiger charge is 2.47. The first-order valence-corrected chi connectivity index (χ1v) is 12.8. The molecule has 1 unspecified atom stereocenters. The van der Waals surface area contributed by atoms with Crippen LogP contribution in [0.3, 0.4) is 0 Å². The predicted molar refractivity (Wildman–Crippen MR) is 138 cm³/mol. The summed E-state index contributed by atoms with van der Waals surface area (Å²) >= 11 is 0. The summed E-state index contributed by atoms with van der Waals surface area (Å²) in [6.07, 6.45) is 9.91. The van der Waals surface area contributed by atoms with Crippen molar-refractivity contribution in [2.75, 3.05) is 19.6 Å². The van der Waals surface area contributed by atoms with Gasteiger partial charge in [-0.25, -0.2) is 14.0 Å². The fraction of sp³-hybridized carbons (Fsp3) is 0.536. The van der Waals surface area contributed by atoms with E-state index >= 15 is 0 Å². The van der Waals surface area contributed by atoms with Crippen LogP contribution >= 0.6 is 0 Å². The third kappa shape index (κ3) is 9.74. The maximum atomic E-state index is 13.4. The highest BCUT2D eigenvalue weighted by Crippen LogP contribution is 2.41. The van der Waals surface area contributed by atoms with Crippen LogP contribution in [0.1, 0.15) is 64.4 Å². The molecule has 0 bridgehead atoms. The van der Waals surface area contributed by atoms with Crippen LogP contribution in [0.5, 0.6) is 0 Å². The number of nitrogens with one attached hydrogen (secondary N) is 1. The Morgan fingerprint density at radius 1 is 1.00 bits per heavy atom. The first-order valence-electron chi connectivity index (χ1n) is 12.8. The lowest BCUT2D eigenvalue weighted by Gasteiger charge is -2.37. The van der Waals surface area contributed by atoms with Crippen LogP contribution in [-0.2, 0) is 20.0 Å². The number of nitrogens with zero attached hydrogens (tertiary/aromatic N) is 1. The average Bonchev–Trinajstić information content (AvgIpc) is 3.39. The van der Waals surface area contributed by atoms with Crippen molar-refractivity contribution in [3.05, 3.63) is 59.4 Å². The summed E-state index contributed by atoms with van der Waals surface area (Å²) in [6.45, 7) is 7.20. The highest BCUT2D eigenvalue weighted by atomic mass is 19.1. The fourth-order valence-electron chi connectivity index (χ4n) is 4.87. The molecule has 1 saturated carbocycles. The van der Waals surface area contributed by atoms with Crippen molar-refractivity contribution >= 4 is 17.8 Å². The van der Waals surface area contributed by atoms with Gasteiger partial charge < -0.3 is 25.5 Å². The third-order valence-electron chi connectivity index (χ3n) is 6.87. The van der Waals surface area contributed by atoms with Gasteiger partial charge in [-0.1, -0.05) is 36.6 Å². The van der Waals surface area contributed by atoms with Gasteiger partial charge in [0.05, 0.1) is 0 Å². The molecule has 2 fully saturated rings. The zero-order valence-corrected chi connectivity index (χ0v) is 21.7. The van der Waals surface area contributed by atoms with Crippen molar-refractivity contribution in [2.24, 2.45) is 5.92 Å². The molecule has 1 aromatic carbocycles. The minimum atomic E-state index is -1.58. The number of allylic oxidation sites excluding steroid dienone is 1. The average molecular weight is 519 g/mol. The topological polar surface area (TPSA) is 127 Å². The van der Waals surface area contributed by atoms with Gasteiger partial charge in [-0.2, -0.15) is 0 Å². The van der Waals surface area contributed by atoms with E-state index in [1.807, 2.05) is 0 Å². The summed E-state index contributed by atoms with van der Waals surface area (Å²) in [7, 11) is 0. The zero-order valence-electron chi connectivity index (χ0n) is 21.7. The van der Waals surface area contributed by atoms with Crippen molar-refractivity contribution in [3.63, 3.8) is 0 Å². The monoisotopic (exact) mass is 518 g/mol. The molecule has 9 heteroatoms. The molecule has 1 aliphatic heterocycles. The first-order chi connectivity index (χ1) is 17.5. The van der Waals surface area contributed by atoms with Gasteiger partial charge in [0.1, 0.15) is 5.82 Å². The predicted octanol–water partition coefficient (Wildman–Crippen LogP) is 3.85. The van der Waals surface area contributed by atoms with Gasteiger partial charge in [-0.15, -0.1) is 0 Å². The van der Waals surface area contributed by atoms with E-state index in [-0.39, 0.29) is 23.7 Å². The van der Waals surface area contributed by atoms with Crippen LogP contribution in [0.2, 0.25) is 0 Å². The standard InChI is InChI=1S/C24H35FN2O2.C4H4O4/c1-18(2)6-5-15-27-16-13-22(14-17-27)26-23(28)24(29,19-7-3-4-8-19)20-9-11-21(25)12-10-20;5-3(6)1-2-4(7)8/h6,9-12,19,22,29H,3-5,7-8,13-17H2,1-2H3,(H,26,28);1-2H,(H,5,6)(H,7,8). The van der Waals surface area contributed by atoms with E-state index < -0.39 is 17.5 Å². The normalized spacial score (nSPS) is 18.5. The number of carboxylic acid groups (broad SMARTS) is 2. The van der Waals surface area contributed by atoms with Crippen LogP contribution < -0.4 is 5.32 Å². The van der Waals surface area contributed by atoms with E-state index in [9.17, 15) is 23.9 Å². The van der Waals surface area contributed by atoms with Gasteiger partial charge in [0.25, 0.3) is 5.91 Å². The minimum absolute atomic E-state index is 0.0792. The molecule has 2 aliphatic rings. The lowest BCUT2D eigenvalue weighted by Crippen LogP contribution is -2.54. The summed E-state index contributed by atoms with van der Waals surface area (Å²) in [6, 6.07) is 5.84. The van der Waals surface area contributed by atoms with Gasteiger partial charge in [0, 0.05) is 43.7 Å². The number of amides is 1. The Morgan fingerprint density at radius 3 is 2.03 bits per heavy atom. The van der Waals surface area contributed by atoms with Gasteiger partial charge >= 0.3 is 11.9 Å². The number of halogens is 1. The molecule has 37 heavy (non-hydrogen) atoms. The maximum absolute atomic E-state index is 13.4. The molecule has 0 spiro atoms. The lowest BCUT2D eigenvalue weighted by molar-refractivity contribution is -0.148. The molecule has 1 aliphatic carbocycles. The lowest BCUT2D eigenvalue weighted by atomic mass is 9.79. The van der Waals surface area contributed by atoms with E-state index in [0.29, 0.717) is 17.7 Å². The Bertz CT molecular complexity index is 943. The smallest absolute Gasteiger partial charge is 0.328 e. The van der Waals surface area contributed by atoms with E-state index in [1.54, 1.807) is 12.1 Å². The molecule has 1 heterocycles. The number of piperidine rings is 1. The molecule has 4 N–H and O–H groups in total. The Balaban J connectivity index is 0.000000521. The van der Waals surface area contributed by atoms with E-state index in [2.05, 4.69) is 30.1 Å². The van der Waals surface area contributed by atoms with E-state index in [4.69, 9.17) is 10.2 Å². The quantitative estimate of drug-likeness (QED) is 0.289. The van der Waals surface area contributed by atoms with Crippen LogP contribution in [0.4, 0.5) is 4.39 Å². The minimum Gasteiger partial charge on any atom is -0.478 e. The summed E-state index contributed by atoms with van der Waals surface area (Å²) in [5.41, 5.74) is 0.270. The van der Waals surface area contributed by atoms with Gasteiger partial charge in [-0.05, 0) is 63.6 Å². The van der Waals surface area contributed by atoms with Crippen molar-refractivity contribution in [1.82, 2.24) is 10.2 Å². The Hall–Kier alpha value is -3.04. The number of carbonyl (C=O) groups is 3. The Labute approximate surface area is 217 Å². The van der Waals surface area contributed by atoms with Crippen LogP contribution in [-0.4, -0.2) is 63.7 Å². The molecule has 1 aromatic rings. The molecule has 1 saturated heterocycles. The molecule has 8 nitrogen and oxygen atoms in total. The molecule has 1 atom stereocenters. The number of hydrogen-bond donors (Lipinski definition) is 4. The van der Waals surface area contributed by atoms with E-state index in [0.717, 1.165) is 64.6 Å². The highest BCUT2D eigenvalue weighted by molar-refractivity contribution is 5.89. The second-order valence-corrected chi connectivity index (χ2v) is 9.92. The molecule has 0 radical (unpaired) electrons. The van der Waals surface area contributed by atoms with Crippen LogP contribution in [0.15, 0.2) is 48.1 Å². The molecular weight excluding hydrogens is 479 g/mol. The van der Waals surface area contributed by atoms with Gasteiger partial charge in [-0.3, -0.25) is 4.79 Å². The molecule has 204 valence electrons. The van der Waals surface area contributed by atoms with Crippen molar-refractivity contribution < 1.29 is 34.1 Å². The number of rotatable bonds is 9. The fourth-order valence-corrected chi connectivity index (χ4v) is 4.87. The van der Waals surface area contributed by atoms with Crippen molar-refractivity contribution in [2.45, 2.75) is 70.4 Å². The Kier molecular flexibility index (Phi) is 11.9. The van der Waals surface area contributed by atoms with E-state index in [1.165, 1.54) is 17.7 Å². The Morgan fingerprint density at radius 2 is 1.54 bits per heavy atom. The van der Waals surface area contributed by atoms with Gasteiger partial charge in [0.2, 0.25) is 0 Å². The van der Waals surface area contributed by atoms with Crippen molar-refractivity contribution in [3.8, 4) is 0 Å². The molecule has 1 amide bonds. The first kappa shape index (κ1) is 30.2. The van der Waals surface area contributed by atoms with Crippen LogP contribution in [0.25, 0.3) is 0 Å². The summed E-state index contributed by atoms with van der Waals surface area (Å²) in [4.78, 5) is 34.8. The SMILES string of the molecule is CC(C)=CCCN1CCC(NC(=O)C(O)(c2ccc(F)cc2)C2CCCC2)CC1.O=C(O)C=CC(=O)O. The number of aliphatic hydroxyl groups is 1. The summed E-state index contributed by atoms with van der Waals surface area (Å²) in [5, 5.41) is 30.3. The summed E-state index contributed by atoms with van der Waals surface area (Å²) in [5.74, 6) is -3.31. The number of hydrogen-bond acceptors (Lipinski definition) is 5. The third-order valence-corrected chi connectivity index (χ3v) is 6.87. The summed E-state index contributed by atoms with van der Waals surface area (Å²) < 4.78 is 13.4. The molecule has 0 aromatic heterocycles. The number of carboxylic acids is 2. The number of benzene rings is 1. The second kappa shape index (κ2) is 14.6. The number of aliphatic carboxylic acids is 2. The molecular formula is C28H39FN2O6. The largest absolute Gasteiger partial charge is 0.478 e. The number of carbonyl (C=O) groups excluding carboxylic acids is 1. The zero-order chi connectivity index (χ0) is 27.4. The second-order valence-electron chi connectivity index (χ2n) is 9.92. The maximum Gasteiger partial charge on any atom is 0.328 e.